The second kappa shape index (κ2) is 6.06. The van der Waals surface area contributed by atoms with Gasteiger partial charge in [0.15, 0.2) is 0 Å². The van der Waals surface area contributed by atoms with Gasteiger partial charge in [0.05, 0.1) is 6.10 Å². The Balaban J connectivity index is 1.90. The van der Waals surface area contributed by atoms with Crippen molar-refractivity contribution in [1.29, 1.82) is 0 Å². The van der Waals surface area contributed by atoms with Crippen molar-refractivity contribution in [2.24, 2.45) is 0 Å². The lowest BCUT2D eigenvalue weighted by atomic mass is 9.75. The highest BCUT2D eigenvalue weighted by atomic mass is 16.3. The molecule has 0 amide bonds. The van der Waals surface area contributed by atoms with Crippen molar-refractivity contribution < 1.29 is 5.11 Å². The highest BCUT2D eigenvalue weighted by Crippen LogP contribution is 2.34. The van der Waals surface area contributed by atoms with E-state index in [-0.39, 0.29) is 0 Å². The Labute approximate surface area is 117 Å². The van der Waals surface area contributed by atoms with E-state index in [1.807, 2.05) is 0 Å². The minimum atomic E-state index is -0.398. The van der Waals surface area contributed by atoms with Crippen molar-refractivity contribution in [2.75, 3.05) is 6.54 Å². The first kappa shape index (κ1) is 14.5. The second-order valence-corrected chi connectivity index (χ2v) is 6.21. The molecule has 0 saturated heterocycles. The molecule has 1 saturated carbocycles. The van der Waals surface area contributed by atoms with Gasteiger partial charge in [0.2, 0.25) is 0 Å². The standard InChI is InChI=1S/C17H27NO/c1-4-17(10-5-11-17)18-12-16(19)15-8-6-14(7-9-15)13(2)3/h6-9,13,16,18-19H,4-5,10-12H2,1-3H3. The van der Waals surface area contributed by atoms with Crippen molar-refractivity contribution in [3.8, 4) is 0 Å². The van der Waals surface area contributed by atoms with Crippen LogP contribution in [0.5, 0.6) is 0 Å². The van der Waals surface area contributed by atoms with Gasteiger partial charge in [0, 0.05) is 12.1 Å². The largest absolute Gasteiger partial charge is 0.387 e. The third kappa shape index (κ3) is 3.37. The van der Waals surface area contributed by atoms with E-state index in [4.69, 9.17) is 0 Å². The fraction of sp³-hybridized carbons (Fsp3) is 0.647. The first-order chi connectivity index (χ1) is 9.06. The lowest BCUT2D eigenvalue weighted by Gasteiger charge is -2.42. The van der Waals surface area contributed by atoms with Gasteiger partial charge >= 0.3 is 0 Å². The topological polar surface area (TPSA) is 32.3 Å². The quantitative estimate of drug-likeness (QED) is 0.817. The fourth-order valence-corrected chi connectivity index (χ4v) is 2.79. The van der Waals surface area contributed by atoms with Crippen LogP contribution in [-0.2, 0) is 0 Å². The average Bonchev–Trinajstić information content (AvgIpc) is 2.38. The summed E-state index contributed by atoms with van der Waals surface area (Å²) in [7, 11) is 0. The van der Waals surface area contributed by atoms with Crippen LogP contribution in [0.2, 0.25) is 0 Å². The minimum absolute atomic E-state index is 0.304. The van der Waals surface area contributed by atoms with Crippen LogP contribution in [0.3, 0.4) is 0 Å². The number of hydrogen-bond acceptors (Lipinski definition) is 2. The molecule has 0 bridgehead atoms. The second-order valence-electron chi connectivity index (χ2n) is 6.21. The predicted molar refractivity (Wildman–Crippen MR) is 80.4 cm³/mol. The molecule has 19 heavy (non-hydrogen) atoms. The summed E-state index contributed by atoms with van der Waals surface area (Å²) in [6.07, 6.45) is 4.59. The van der Waals surface area contributed by atoms with Crippen molar-refractivity contribution >= 4 is 0 Å². The van der Waals surface area contributed by atoms with E-state index in [1.165, 1.54) is 24.8 Å². The summed E-state index contributed by atoms with van der Waals surface area (Å²) in [5.74, 6) is 0.544. The number of aliphatic hydroxyl groups is 1. The zero-order chi connectivity index (χ0) is 13.9. The molecule has 0 heterocycles. The smallest absolute Gasteiger partial charge is 0.0914 e. The highest BCUT2D eigenvalue weighted by Gasteiger charge is 2.34. The van der Waals surface area contributed by atoms with Crippen LogP contribution in [0, 0.1) is 0 Å². The molecule has 106 valence electrons. The van der Waals surface area contributed by atoms with E-state index in [0.29, 0.717) is 18.0 Å². The molecule has 0 aromatic heterocycles. The van der Waals surface area contributed by atoms with Crippen LogP contribution in [-0.4, -0.2) is 17.2 Å². The molecule has 2 rings (SSSR count). The van der Waals surface area contributed by atoms with Gasteiger partial charge in [-0.3, -0.25) is 0 Å². The first-order valence-electron chi connectivity index (χ1n) is 7.59. The molecular formula is C17H27NO. The van der Waals surface area contributed by atoms with Gasteiger partial charge in [0.1, 0.15) is 0 Å². The van der Waals surface area contributed by atoms with Gasteiger partial charge in [-0.05, 0) is 42.7 Å². The predicted octanol–water partition coefficient (Wildman–Crippen LogP) is 3.77. The maximum absolute atomic E-state index is 10.3. The maximum Gasteiger partial charge on any atom is 0.0914 e. The van der Waals surface area contributed by atoms with Gasteiger partial charge in [-0.25, -0.2) is 0 Å². The summed E-state index contributed by atoms with van der Waals surface area (Å²) in [4.78, 5) is 0. The molecule has 1 unspecified atom stereocenters. The lowest BCUT2D eigenvalue weighted by molar-refractivity contribution is 0.119. The molecule has 1 atom stereocenters. The van der Waals surface area contributed by atoms with E-state index in [2.05, 4.69) is 50.4 Å². The van der Waals surface area contributed by atoms with Crippen LogP contribution in [0.25, 0.3) is 0 Å². The number of β-amino-alcohol motifs (C(OH)–C–C–N with tert-alkyl or cyclic N) is 1. The Morgan fingerprint density at radius 3 is 2.16 bits per heavy atom. The van der Waals surface area contributed by atoms with Crippen LogP contribution < -0.4 is 5.32 Å². The molecule has 1 aliphatic rings. The van der Waals surface area contributed by atoms with Gasteiger partial charge < -0.3 is 10.4 Å². The Kier molecular flexibility index (Phi) is 4.64. The van der Waals surface area contributed by atoms with Gasteiger partial charge in [-0.15, -0.1) is 0 Å². The zero-order valence-corrected chi connectivity index (χ0v) is 12.4. The maximum atomic E-state index is 10.3. The van der Waals surface area contributed by atoms with Crippen LogP contribution in [0.1, 0.15) is 69.6 Å². The van der Waals surface area contributed by atoms with E-state index < -0.39 is 6.10 Å². The number of rotatable bonds is 6. The van der Waals surface area contributed by atoms with Gasteiger partial charge in [0.25, 0.3) is 0 Å². The van der Waals surface area contributed by atoms with E-state index in [9.17, 15) is 5.11 Å². The summed E-state index contributed by atoms with van der Waals surface area (Å²) >= 11 is 0. The molecule has 1 aromatic rings. The Hall–Kier alpha value is -0.860. The van der Waals surface area contributed by atoms with E-state index in [0.717, 1.165) is 12.0 Å². The molecule has 1 aliphatic carbocycles. The number of benzene rings is 1. The Morgan fingerprint density at radius 2 is 1.74 bits per heavy atom. The lowest BCUT2D eigenvalue weighted by Crippen LogP contribution is -2.51. The number of nitrogens with one attached hydrogen (secondary N) is 1. The Morgan fingerprint density at radius 1 is 1.16 bits per heavy atom. The van der Waals surface area contributed by atoms with Crippen LogP contribution >= 0.6 is 0 Å². The third-order valence-corrected chi connectivity index (χ3v) is 4.65. The van der Waals surface area contributed by atoms with Gasteiger partial charge in [-0.2, -0.15) is 0 Å². The van der Waals surface area contributed by atoms with Crippen LogP contribution in [0.4, 0.5) is 0 Å². The third-order valence-electron chi connectivity index (χ3n) is 4.65. The molecular weight excluding hydrogens is 234 g/mol. The van der Waals surface area contributed by atoms with Crippen molar-refractivity contribution in [3.63, 3.8) is 0 Å². The molecule has 1 fully saturated rings. The summed E-state index contributed by atoms with van der Waals surface area (Å²) in [5.41, 5.74) is 2.65. The molecule has 0 spiro atoms. The highest BCUT2D eigenvalue weighted by molar-refractivity contribution is 5.26. The van der Waals surface area contributed by atoms with Gasteiger partial charge in [-0.1, -0.05) is 45.0 Å². The zero-order valence-electron chi connectivity index (χ0n) is 12.4. The fourth-order valence-electron chi connectivity index (χ4n) is 2.79. The number of hydrogen-bond donors (Lipinski definition) is 2. The molecule has 0 radical (unpaired) electrons. The molecule has 2 heteroatoms. The van der Waals surface area contributed by atoms with Crippen molar-refractivity contribution in [3.05, 3.63) is 35.4 Å². The number of aliphatic hydroxyl groups excluding tert-OH is 1. The summed E-state index contributed by atoms with van der Waals surface area (Å²) in [6, 6.07) is 8.37. The average molecular weight is 261 g/mol. The van der Waals surface area contributed by atoms with Crippen molar-refractivity contribution in [1.82, 2.24) is 5.32 Å². The van der Waals surface area contributed by atoms with Crippen molar-refractivity contribution in [2.45, 2.75) is 64.0 Å². The SMILES string of the molecule is CCC1(NCC(O)c2ccc(C(C)C)cc2)CCC1. The van der Waals surface area contributed by atoms with E-state index >= 15 is 0 Å². The first-order valence-corrected chi connectivity index (χ1v) is 7.59. The molecule has 2 N–H and O–H groups in total. The normalized spacial score (nSPS) is 19.2. The Bertz CT molecular complexity index is 387. The summed E-state index contributed by atoms with van der Waals surface area (Å²) < 4.78 is 0. The van der Waals surface area contributed by atoms with Crippen LogP contribution in [0.15, 0.2) is 24.3 Å². The summed E-state index contributed by atoms with van der Waals surface area (Å²) in [6.45, 7) is 7.27. The molecule has 0 aliphatic heterocycles. The monoisotopic (exact) mass is 261 g/mol. The summed E-state index contributed by atoms with van der Waals surface area (Å²) in [5, 5.41) is 13.8. The molecule has 2 nitrogen and oxygen atoms in total. The molecule has 1 aromatic carbocycles. The minimum Gasteiger partial charge on any atom is -0.387 e. The van der Waals surface area contributed by atoms with E-state index in [1.54, 1.807) is 0 Å².